The summed E-state index contributed by atoms with van der Waals surface area (Å²) in [6, 6.07) is 14.4. The van der Waals surface area contributed by atoms with E-state index in [0.29, 0.717) is 27.4 Å². The number of para-hydroxylation sites is 2. The van der Waals surface area contributed by atoms with Crippen LogP contribution in [0.2, 0.25) is 5.02 Å². The molecule has 4 aromatic rings. The Bertz CT molecular complexity index is 1070. The third-order valence-electron chi connectivity index (χ3n) is 3.80. The van der Waals surface area contributed by atoms with E-state index in [2.05, 4.69) is 15.5 Å². The van der Waals surface area contributed by atoms with Crippen molar-refractivity contribution in [1.82, 2.24) is 10.1 Å². The maximum atomic E-state index is 12.5. The molecule has 2 aromatic carbocycles. The van der Waals surface area contributed by atoms with E-state index in [1.807, 2.05) is 18.2 Å². The molecule has 0 saturated carbocycles. The number of carbonyl (C=O) groups is 1. The highest BCUT2D eigenvalue weighted by molar-refractivity contribution is 6.30. The van der Waals surface area contributed by atoms with Gasteiger partial charge in [-0.25, -0.2) is 4.79 Å². The van der Waals surface area contributed by atoms with Crippen LogP contribution in [-0.2, 0) is 4.74 Å². The number of nitrogens with one attached hydrogen (secondary N) is 1. The zero-order valence-electron chi connectivity index (χ0n) is 14.2. The van der Waals surface area contributed by atoms with Gasteiger partial charge in [0.15, 0.2) is 11.1 Å². The van der Waals surface area contributed by atoms with E-state index in [4.69, 9.17) is 25.3 Å². The molecule has 4 rings (SSSR count). The molecule has 0 fully saturated rings. The summed E-state index contributed by atoms with van der Waals surface area (Å²) < 4.78 is 16.1. The van der Waals surface area contributed by atoms with E-state index in [-0.39, 0.29) is 24.1 Å². The van der Waals surface area contributed by atoms with Crippen molar-refractivity contribution >= 4 is 40.6 Å². The summed E-state index contributed by atoms with van der Waals surface area (Å²) in [5.41, 5.74) is 2.44. The summed E-state index contributed by atoms with van der Waals surface area (Å²) in [6.07, 6.45) is 0. The third-order valence-corrected chi connectivity index (χ3v) is 4.06. The third kappa shape index (κ3) is 3.37. The van der Waals surface area contributed by atoms with Crippen LogP contribution < -0.4 is 5.32 Å². The van der Waals surface area contributed by atoms with Crippen molar-refractivity contribution in [3.05, 3.63) is 59.1 Å². The second kappa shape index (κ2) is 7.13. The lowest BCUT2D eigenvalue weighted by Gasteiger charge is -2.04. The van der Waals surface area contributed by atoms with Crippen LogP contribution in [-0.4, -0.2) is 22.7 Å². The van der Waals surface area contributed by atoms with Gasteiger partial charge in [-0.1, -0.05) is 41.0 Å². The number of ether oxygens (including phenoxy) is 1. The molecule has 136 valence electrons. The number of oxazole rings is 1. The number of hydrogen-bond acceptors (Lipinski definition) is 7. The van der Waals surface area contributed by atoms with Gasteiger partial charge in [0.1, 0.15) is 11.2 Å². The van der Waals surface area contributed by atoms with Gasteiger partial charge in [0, 0.05) is 10.6 Å². The maximum absolute atomic E-state index is 12.5. The summed E-state index contributed by atoms with van der Waals surface area (Å²) in [7, 11) is 0. The van der Waals surface area contributed by atoms with E-state index in [1.165, 1.54) is 0 Å². The van der Waals surface area contributed by atoms with Crippen molar-refractivity contribution in [2.75, 3.05) is 11.9 Å². The minimum atomic E-state index is -0.567. The second-order valence-corrected chi connectivity index (χ2v) is 6.01. The highest BCUT2D eigenvalue weighted by Gasteiger charge is 2.26. The standard InChI is InChI=1S/C19H14ClN3O4/c1-2-25-18(24)15-16(11-7-9-12(20)10-8-11)23-27-17(15)22-19-21-13-5-3-4-6-14(13)26-19/h3-10H,2H2,1H3,(H,21,22). The Hall–Kier alpha value is -3.32. The molecule has 2 heterocycles. The minimum Gasteiger partial charge on any atom is -0.462 e. The first-order valence-corrected chi connectivity index (χ1v) is 8.59. The number of rotatable bonds is 5. The molecule has 27 heavy (non-hydrogen) atoms. The van der Waals surface area contributed by atoms with Gasteiger partial charge in [0.2, 0.25) is 5.88 Å². The van der Waals surface area contributed by atoms with Crippen LogP contribution in [0, 0.1) is 0 Å². The predicted molar refractivity (Wildman–Crippen MR) is 100 cm³/mol. The molecule has 0 unspecified atom stereocenters. The number of fused-ring (bicyclic) bond motifs is 1. The lowest BCUT2D eigenvalue weighted by atomic mass is 10.1. The van der Waals surface area contributed by atoms with Gasteiger partial charge in [-0.3, -0.25) is 5.32 Å². The Labute approximate surface area is 158 Å². The van der Waals surface area contributed by atoms with Gasteiger partial charge in [0.25, 0.3) is 0 Å². The number of esters is 1. The molecule has 0 radical (unpaired) electrons. The van der Waals surface area contributed by atoms with E-state index >= 15 is 0 Å². The number of carbonyl (C=O) groups excluding carboxylic acids is 1. The topological polar surface area (TPSA) is 90.4 Å². The zero-order valence-corrected chi connectivity index (χ0v) is 15.0. The molecule has 0 aliphatic carbocycles. The number of hydrogen-bond donors (Lipinski definition) is 1. The fraction of sp³-hybridized carbons (Fsp3) is 0.105. The molecule has 0 saturated heterocycles. The molecule has 0 bridgehead atoms. The van der Waals surface area contributed by atoms with E-state index in [9.17, 15) is 4.79 Å². The van der Waals surface area contributed by atoms with Crippen LogP contribution in [0.5, 0.6) is 0 Å². The molecule has 7 nitrogen and oxygen atoms in total. The van der Waals surface area contributed by atoms with Crippen molar-refractivity contribution in [3.63, 3.8) is 0 Å². The summed E-state index contributed by atoms with van der Waals surface area (Å²) in [6.45, 7) is 1.94. The monoisotopic (exact) mass is 383 g/mol. The van der Waals surface area contributed by atoms with E-state index in [0.717, 1.165) is 0 Å². The summed E-state index contributed by atoms with van der Waals surface area (Å²) >= 11 is 5.93. The number of nitrogens with zero attached hydrogens (tertiary/aromatic N) is 2. The lowest BCUT2D eigenvalue weighted by Crippen LogP contribution is -2.07. The number of benzene rings is 2. The smallest absolute Gasteiger partial charge is 0.346 e. The van der Waals surface area contributed by atoms with Gasteiger partial charge >= 0.3 is 12.0 Å². The molecule has 0 aliphatic rings. The van der Waals surface area contributed by atoms with Crippen molar-refractivity contribution in [2.45, 2.75) is 6.92 Å². The minimum absolute atomic E-state index is 0.0879. The number of halogens is 1. The first kappa shape index (κ1) is 17.1. The molecule has 0 aliphatic heterocycles. The SMILES string of the molecule is CCOC(=O)c1c(-c2ccc(Cl)cc2)noc1Nc1nc2ccccc2o1. The Morgan fingerprint density at radius 2 is 1.96 bits per heavy atom. The van der Waals surface area contributed by atoms with Gasteiger partial charge < -0.3 is 13.7 Å². The molecule has 8 heteroatoms. The first-order chi connectivity index (χ1) is 13.2. The molecule has 2 aromatic heterocycles. The maximum Gasteiger partial charge on any atom is 0.346 e. The van der Waals surface area contributed by atoms with Crippen LogP contribution in [0.15, 0.2) is 57.5 Å². The second-order valence-electron chi connectivity index (χ2n) is 5.57. The summed E-state index contributed by atoms with van der Waals surface area (Å²) in [5.74, 6) is -0.479. The van der Waals surface area contributed by atoms with Gasteiger partial charge in [-0.2, -0.15) is 4.98 Å². The summed E-state index contributed by atoms with van der Waals surface area (Å²) in [4.78, 5) is 16.8. The Balaban J connectivity index is 1.75. The molecule has 0 atom stereocenters. The largest absolute Gasteiger partial charge is 0.462 e. The van der Waals surface area contributed by atoms with Gasteiger partial charge in [0.05, 0.1) is 6.61 Å². The van der Waals surface area contributed by atoms with Crippen LogP contribution in [0.4, 0.5) is 11.9 Å². The van der Waals surface area contributed by atoms with Crippen molar-refractivity contribution in [1.29, 1.82) is 0 Å². The van der Waals surface area contributed by atoms with Gasteiger partial charge in [-0.05, 0) is 31.2 Å². The van der Waals surface area contributed by atoms with Crippen molar-refractivity contribution in [2.24, 2.45) is 0 Å². The average molecular weight is 384 g/mol. The molecular formula is C19H14ClN3O4. The van der Waals surface area contributed by atoms with Gasteiger partial charge in [-0.15, -0.1) is 0 Å². The fourth-order valence-corrected chi connectivity index (χ4v) is 2.72. The Kier molecular flexibility index (Phi) is 4.52. The fourth-order valence-electron chi connectivity index (χ4n) is 2.60. The van der Waals surface area contributed by atoms with E-state index < -0.39 is 5.97 Å². The van der Waals surface area contributed by atoms with Crippen LogP contribution in [0.3, 0.4) is 0 Å². The van der Waals surface area contributed by atoms with Crippen LogP contribution in [0.25, 0.3) is 22.4 Å². The number of anilines is 2. The Morgan fingerprint density at radius 1 is 1.19 bits per heavy atom. The lowest BCUT2D eigenvalue weighted by molar-refractivity contribution is 0.0528. The van der Waals surface area contributed by atoms with E-state index in [1.54, 1.807) is 37.3 Å². The first-order valence-electron chi connectivity index (χ1n) is 8.21. The van der Waals surface area contributed by atoms with Crippen LogP contribution in [0.1, 0.15) is 17.3 Å². The van der Waals surface area contributed by atoms with Crippen molar-refractivity contribution < 1.29 is 18.5 Å². The molecular weight excluding hydrogens is 370 g/mol. The van der Waals surface area contributed by atoms with Crippen LogP contribution >= 0.6 is 11.6 Å². The van der Waals surface area contributed by atoms with Crippen molar-refractivity contribution in [3.8, 4) is 11.3 Å². The highest BCUT2D eigenvalue weighted by Crippen LogP contribution is 2.32. The predicted octanol–water partition coefficient (Wildman–Crippen LogP) is 5.06. The average Bonchev–Trinajstić information content (AvgIpc) is 3.26. The highest BCUT2D eigenvalue weighted by atomic mass is 35.5. The Morgan fingerprint density at radius 3 is 2.70 bits per heavy atom. The number of aromatic nitrogens is 2. The zero-order chi connectivity index (χ0) is 18.8. The molecule has 0 amide bonds. The molecule has 1 N–H and O–H groups in total. The quantitative estimate of drug-likeness (QED) is 0.482. The molecule has 0 spiro atoms. The summed E-state index contributed by atoms with van der Waals surface area (Å²) in [5, 5.41) is 7.46. The normalized spacial score (nSPS) is 10.9.